The van der Waals surface area contributed by atoms with Crippen LogP contribution in [0, 0.1) is 0 Å². The Balaban J connectivity index is 2.07. The molecule has 1 amide bonds. The molecule has 0 spiro atoms. The van der Waals surface area contributed by atoms with Crippen molar-refractivity contribution in [3.63, 3.8) is 0 Å². The summed E-state index contributed by atoms with van der Waals surface area (Å²) in [5.74, 6) is -0.361. The van der Waals surface area contributed by atoms with E-state index in [1.807, 2.05) is 6.92 Å². The molecule has 0 saturated carbocycles. The van der Waals surface area contributed by atoms with Crippen LogP contribution in [0.4, 0.5) is 0 Å². The van der Waals surface area contributed by atoms with Crippen molar-refractivity contribution in [3.05, 3.63) is 58.1 Å². The van der Waals surface area contributed by atoms with Crippen LogP contribution in [0.2, 0.25) is 0 Å². The van der Waals surface area contributed by atoms with Crippen molar-refractivity contribution in [2.24, 2.45) is 10.9 Å². The van der Waals surface area contributed by atoms with Gasteiger partial charge in [-0.25, -0.2) is 4.79 Å². The normalized spacial score (nSPS) is 10.5. The number of hydrogen-bond acceptors (Lipinski definition) is 6. The van der Waals surface area contributed by atoms with Gasteiger partial charge in [-0.05, 0) is 53.2 Å². The average Bonchev–Trinajstić information content (AvgIpc) is 2.61. The molecular formula is C18H17BrN2O5. The number of carbonyl (C=O) groups excluding carboxylic acids is 2. The van der Waals surface area contributed by atoms with Crippen LogP contribution in [0.5, 0.6) is 11.5 Å². The Morgan fingerprint density at radius 1 is 1.15 bits per heavy atom. The van der Waals surface area contributed by atoms with Gasteiger partial charge in [-0.3, -0.25) is 4.79 Å². The second kappa shape index (κ2) is 9.57. The summed E-state index contributed by atoms with van der Waals surface area (Å²) in [6.07, 6.45) is 1.37. The van der Waals surface area contributed by atoms with Crippen LogP contribution in [-0.4, -0.2) is 31.3 Å². The first-order chi connectivity index (χ1) is 12.5. The van der Waals surface area contributed by atoms with Crippen molar-refractivity contribution in [2.45, 2.75) is 6.92 Å². The smallest absolute Gasteiger partial charge is 0.366 e. The number of amides is 1. The number of rotatable bonds is 8. The van der Waals surface area contributed by atoms with Gasteiger partial charge in [0.2, 0.25) is 0 Å². The van der Waals surface area contributed by atoms with Crippen LogP contribution in [0.25, 0.3) is 0 Å². The Bertz CT molecular complexity index is 823. The highest BCUT2D eigenvalue weighted by atomic mass is 79.9. The highest BCUT2D eigenvalue weighted by molar-refractivity contribution is 9.10. The molecule has 0 heterocycles. The topological polar surface area (TPSA) is 100 Å². The molecule has 2 aromatic rings. The fourth-order valence-corrected chi connectivity index (χ4v) is 2.40. The first-order valence-corrected chi connectivity index (χ1v) is 8.47. The molecule has 0 aromatic heterocycles. The summed E-state index contributed by atoms with van der Waals surface area (Å²) in [5, 5.41) is 3.70. The number of halogens is 1. The molecule has 2 aromatic carbocycles. The zero-order valence-electron chi connectivity index (χ0n) is 14.0. The SMILES string of the molecule is CCOc1cc(/C=N/OC(=O)c2ccccc2Br)ccc1OCC(N)=O. The van der Waals surface area contributed by atoms with Gasteiger partial charge in [0.25, 0.3) is 5.91 Å². The van der Waals surface area contributed by atoms with E-state index >= 15 is 0 Å². The van der Waals surface area contributed by atoms with Gasteiger partial charge in [0.05, 0.1) is 18.4 Å². The summed E-state index contributed by atoms with van der Waals surface area (Å²) in [6.45, 7) is 1.97. The molecule has 0 bridgehead atoms. The van der Waals surface area contributed by atoms with Crippen molar-refractivity contribution < 1.29 is 23.9 Å². The van der Waals surface area contributed by atoms with Crippen LogP contribution >= 0.6 is 15.9 Å². The third-order valence-electron chi connectivity index (χ3n) is 3.07. The standard InChI is InChI=1S/C18H17BrN2O5/c1-2-24-16-9-12(7-8-15(16)25-11-17(20)22)10-21-26-18(23)13-5-3-4-6-14(13)19/h3-10H,2,11H2,1H3,(H2,20,22)/b21-10+. The van der Waals surface area contributed by atoms with Gasteiger partial charge >= 0.3 is 5.97 Å². The van der Waals surface area contributed by atoms with E-state index in [1.165, 1.54) is 6.21 Å². The Hall–Kier alpha value is -2.87. The number of nitrogens with two attached hydrogens (primary N) is 1. The van der Waals surface area contributed by atoms with E-state index in [-0.39, 0.29) is 6.61 Å². The number of carbonyl (C=O) groups is 2. The van der Waals surface area contributed by atoms with Gasteiger partial charge in [-0.2, -0.15) is 0 Å². The minimum absolute atomic E-state index is 0.253. The zero-order valence-corrected chi connectivity index (χ0v) is 15.6. The third kappa shape index (κ3) is 5.59. The summed E-state index contributed by atoms with van der Waals surface area (Å²) >= 11 is 3.28. The molecule has 136 valence electrons. The largest absolute Gasteiger partial charge is 0.490 e. The molecular weight excluding hydrogens is 404 g/mol. The van der Waals surface area contributed by atoms with E-state index in [0.717, 1.165) is 0 Å². The van der Waals surface area contributed by atoms with Gasteiger partial charge in [-0.1, -0.05) is 17.3 Å². The summed E-state index contributed by atoms with van der Waals surface area (Å²) in [5.41, 5.74) is 6.06. The highest BCUT2D eigenvalue weighted by Gasteiger charge is 2.11. The molecule has 0 fully saturated rings. The molecule has 0 aliphatic heterocycles. The lowest BCUT2D eigenvalue weighted by molar-refractivity contribution is -0.119. The molecule has 0 radical (unpaired) electrons. The molecule has 26 heavy (non-hydrogen) atoms. The zero-order chi connectivity index (χ0) is 18.9. The molecule has 0 atom stereocenters. The summed E-state index contributed by atoms with van der Waals surface area (Å²) in [4.78, 5) is 27.7. The van der Waals surface area contributed by atoms with Crippen LogP contribution in [-0.2, 0) is 9.63 Å². The molecule has 7 nitrogen and oxygen atoms in total. The van der Waals surface area contributed by atoms with Crippen molar-refractivity contribution >= 4 is 34.0 Å². The summed E-state index contributed by atoms with van der Waals surface area (Å²) < 4.78 is 11.4. The first-order valence-electron chi connectivity index (χ1n) is 7.68. The van der Waals surface area contributed by atoms with E-state index in [1.54, 1.807) is 42.5 Å². The highest BCUT2D eigenvalue weighted by Crippen LogP contribution is 2.28. The van der Waals surface area contributed by atoms with Gasteiger partial charge in [-0.15, -0.1) is 0 Å². The Labute approximate surface area is 158 Å². The predicted molar refractivity (Wildman–Crippen MR) is 99.5 cm³/mol. The Kier molecular flexibility index (Phi) is 7.16. The molecule has 0 unspecified atom stereocenters. The van der Waals surface area contributed by atoms with E-state index in [2.05, 4.69) is 21.1 Å². The monoisotopic (exact) mass is 420 g/mol. The predicted octanol–water partition coefficient (Wildman–Crippen LogP) is 2.90. The van der Waals surface area contributed by atoms with Gasteiger partial charge in [0.1, 0.15) is 0 Å². The first kappa shape index (κ1) is 19.5. The number of primary amides is 1. The number of oxime groups is 1. The maximum Gasteiger partial charge on any atom is 0.366 e. The van der Waals surface area contributed by atoms with E-state index in [9.17, 15) is 9.59 Å². The third-order valence-corrected chi connectivity index (χ3v) is 3.76. The number of hydrogen-bond donors (Lipinski definition) is 1. The van der Waals surface area contributed by atoms with Crippen molar-refractivity contribution in [1.82, 2.24) is 0 Å². The molecule has 0 saturated heterocycles. The molecule has 0 aliphatic rings. The minimum Gasteiger partial charge on any atom is -0.490 e. The molecule has 0 aliphatic carbocycles. The lowest BCUT2D eigenvalue weighted by atomic mass is 10.2. The fourth-order valence-electron chi connectivity index (χ4n) is 1.95. The molecule has 2 N–H and O–H groups in total. The van der Waals surface area contributed by atoms with Crippen LogP contribution < -0.4 is 15.2 Å². The Morgan fingerprint density at radius 2 is 1.92 bits per heavy atom. The maximum atomic E-state index is 12.0. The average molecular weight is 421 g/mol. The lowest BCUT2D eigenvalue weighted by Crippen LogP contribution is -2.20. The molecule has 8 heteroatoms. The van der Waals surface area contributed by atoms with E-state index < -0.39 is 11.9 Å². The quantitative estimate of drug-likeness (QED) is 0.401. The number of benzene rings is 2. The second-order valence-electron chi connectivity index (χ2n) is 4.99. The van der Waals surface area contributed by atoms with Crippen molar-refractivity contribution in [1.29, 1.82) is 0 Å². The summed E-state index contributed by atoms with van der Waals surface area (Å²) in [7, 11) is 0. The van der Waals surface area contributed by atoms with Crippen molar-refractivity contribution in [3.8, 4) is 11.5 Å². The Morgan fingerprint density at radius 3 is 2.62 bits per heavy atom. The minimum atomic E-state index is -0.586. The van der Waals surface area contributed by atoms with Gasteiger partial charge < -0.3 is 20.0 Å². The second-order valence-corrected chi connectivity index (χ2v) is 5.84. The van der Waals surface area contributed by atoms with Crippen LogP contribution in [0.1, 0.15) is 22.8 Å². The summed E-state index contributed by atoms with van der Waals surface area (Å²) in [6, 6.07) is 11.8. The maximum absolute atomic E-state index is 12.0. The van der Waals surface area contributed by atoms with Crippen LogP contribution in [0.3, 0.4) is 0 Å². The van der Waals surface area contributed by atoms with Crippen molar-refractivity contribution in [2.75, 3.05) is 13.2 Å². The van der Waals surface area contributed by atoms with E-state index in [4.69, 9.17) is 20.0 Å². The molecule has 2 rings (SSSR count). The number of nitrogens with zero attached hydrogens (tertiary/aromatic N) is 1. The van der Waals surface area contributed by atoms with E-state index in [0.29, 0.717) is 33.7 Å². The van der Waals surface area contributed by atoms with Crippen LogP contribution in [0.15, 0.2) is 52.1 Å². The van der Waals surface area contributed by atoms with Gasteiger partial charge in [0, 0.05) is 10.0 Å². The fraction of sp³-hybridized carbons (Fsp3) is 0.167. The van der Waals surface area contributed by atoms with Gasteiger partial charge in [0.15, 0.2) is 18.1 Å². The lowest BCUT2D eigenvalue weighted by Gasteiger charge is -2.11. The number of ether oxygens (including phenoxy) is 2.